The van der Waals surface area contributed by atoms with Gasteiger partial charge >= 0.3 is 0 Å². The third-order valence-electron chi connectivity index (χ3n) is 5.35. The number of nitrogens with zero attached hydrogens (tertiary/aromatic N) is 1. The summed E-state index contributed by atoms with van der Waals surface area (Å²) in [4.78, 5) is 2.04. The molecule has 1 aliphatic rings. The third-order valence-corrected chi connectivity index (χ3v) is 5.35. The van der Waals surface area contributed by atoms with Crippen molar-refractivity contribution in [2.45, 2.75) is 26.2 Å². The molecule has 3 aromatic carbocycles. The second kappa shape index (κ2) is 9.77. The van der Waals surface area contributed by atoms with Crippen LogP contribution in [-0.4, -0.2) is 11.4 Å². The van der Waals surface area contributed by atoms with Crippen LogP contribution in [0, 0.1) is 17.5 Å². The SMILES string of the molecule is CC/C=C1/OC(c2ccc(F)cc2)=C(c2ccc(F)cc2)N1CCCc1ccccc1F. The summed E-state index contributed by atoms with van der Waals surface area (Å²) in [5.74, 6) is 0.381. The fraction of sp³-hybridized carbons (Fsp3) is 0.185. The fourth-order valence-electron chi connectivity index (χ4n) is 3.81. The van der Waals surface area contributed by atoms with E-state index < -0.39 is 0 Å². The maximum atomic E-state index is 14.1. The molecular weight excluding hydrogens is 411 g/mol. The molecule has 3 aromatic rings. The van der Waals surface area contributed by atoms with E-state index in [1.807, 2.05) is 24.0 Å². The average Bonchev–Trinajstić information content (AvgIpc) is 3.14. The summed E-state index contributed by atoms with van der Waals surface area (Å²) in [6.07, 6.45) is 3.99. The van der Waals surface area contributed by atoms with Crippen LogP contribution in [0.1, 0.15) is 36.5 Å². The Morgan fingerprint density at radius 2 is 1.44 bits per heavy atom. The lowest BCUT2D eigenvalue weighted by atomic mass is 10.0. The lowest BCUT2D eigenvalue weighted by molar-refractivity contribution is 0.287. The Kier molecular flexibility index (Phi) is 6.64. The van der Waals surface area contributed by atoms with Gasteiger partial charge in [0.25, 0.3) is 0 Å². The monoisotopic (exact) mass is 435 g/mol. The summed E-state index contributed by atoms with van der Waals surface area (Å²) in [6, 6.07) is 19.1. The zero-order valence-electron chi connectivity index (χ0n) is 17.8. The molecule has 2 nitrogen and oxygen atoms in total. The number of halogens is 3. The minimum Gasteiger partial charge on any atom is -0.438 e. The van der Waals surface area contributed by atoms with Crippen molar-refractivity contribution in [3.05, 3.63) is 119 Å². The lowest BCUT2D eigenvalue weighted by Gasteiger charge is -2.22. The maximum absolute atomic E-state index is 14.1. The van der Waals surface area contributed by atoms with Crippen LogP contribution in [0.4, 0.5) is 13.2 Å². The molecule has 0 bridgehead atoms. The molecule has 1 heterocycles. The van der Waals surface area contributed by atoms with Gasteiger partial charge in [0.15, 0.2) is 11.6 Å². The number of hydrogen-bond donors (Lipinski definition) is 0. The van der Waals surface area contributed by atoms with Crippen molar-refractivity contribution in [1.82, 2.24) is 4.90 Å². The molecule has 1 aliphatic heterocycles. The van der Waals surface area contributed by atoms with Crippen molar-refractivity contribution >= 4 is 11.5 Å². The summed E-state index contributed by atoms with van der Waals surface area (Å²) >= 11 is 0. The van der Waals surface area contributed by atoms with Crippen LogP contribution in [0.2, 0.25) is 0 Å². The van der Waals surface area contributed by atoms with Crippen molar-refractivity contribution in [3.8, 4) is 0 Å². The summed E-state index contributed by atoms with van der Waals surface area (Å²) < 4.78 is 47.4. The first-order chi connectivity index (χ1) is 15.6. The van der Waals surface area contributed by atoms with Crippen molar-refractivity contribution in [2.24, 2.45) is 0 Å². The molecule has 0 aliphatic carbocycles. The van der Waals surface area contributed by atoms with Crippen LogP contribution in [0.3, 0.4) is 0 Å². The highest BCUT2D eigenvalue weighted by Crippen LogP contribution is 2.41. The molecule has 5 heteroatoms. The number of ether oxygens (including phenoxy) is 1. The summed E-state index contributed by atoms with van der Waals surface area (Å²) in [5.41, 5.74) is 2.96. The van der Waals surface area contributed by atoms with E-state index in [1.165, 1.54) is 30.3 Å². The van der Waals surface area contributed by atoms with E-state index >= 15 is 0 Å². The Labute approximate surface area is 186 Å². The Bertz CT molecular complexity index is 1130. The van der Waals surface area contributed by atoms with E-state index in [-0.39, 0.29) is 17.5 Å². The van der Waals surface area contributed by atoms with Gasteiger partial charge in [-0.3, -0.25) is 0 Å². The van der Waals surface area contributed by atoms with Crippen molar-refractivity contribution in [1.29, 1.82) is 0 Å². The largest absolute Gasteiger partial charge is 0.438 e. The fourth-order valence-corrected chi connectivity index (χ4v) is 3.81. The average molecular weight is 435 g/mol. The van der Waals surface area contributed by atoms with E-state index in [2.05, 4.69) is 0 Å². The van der Waals surface area contributed by atoms with Crippen molar-refractivity contribution in [3.63, 3.8) is 0 Å². The molecule has 0 saturated carbocycles. The van der Waals surface area contributed by atoms with Gasteiger partial charge in [-0.05, 0) is 85.5 Å². The van der Waals surface area contributed by atoms with E-state index in [0.29, 0.717) is 36.6 Å². The van der Waals surface area contributed by atoms with Gasteiger partial charge in [-0.25, -0.2) is 13.2 Å². The second-order valence-corrected chi connectivity index (χ2v) is 7.59. The molecule has 32 heavy (non-hydrogen) atoms. The molecule has 0 spiro atoms. The summed E-state index contributed by atoms with van der Waals surface area (Å²) in [6.45, 7) is 2.60. The number of rotatable bonds is 7. The van der Waals surface area contributed by atoms with Gasteiger partial charge in [-0.15, -0.1) is 0 Å². The topological polar surface area (TPSA) is 12.5 Å². The summed E-state index contributed by atoms with van der Waals surface area (Å²) in [7, 11) is 0. The van der Waals surface area contributed by atoms with E-state index in [4.69, 9.17) is 4.74 Å². The molecule has 0 unspecified atom stereocenters. The molecule has 0 aromatic heterocycles. The first-order valence-electron chi connectivity index (χ1n) is 10.7. The van der Waals surface area contributed by atoms with Gasteiger partial charge < -0.3 is 9.64 Å². The van der Waals surface area contributed by atoms with E-state index in [1.54, 1.807) is 36.4 Å². The highest BCUT2D eigenvalue weighted by Gasteiger charge is 2.31. The van der Waals surface area contributed by atoms with Gasteiger partial charge in [0.05, 0.1) is 5.70 Å². The molecule has 0 amide bonds. The molecule has 0 fully saturated rings. The zero-order chi connectivity index (χ0) is 22.5. The molecule has 0 N–H and O–H groups in total. The highest BCUT2D eigenvalue weighted by atomic mass is 19.1. The predicted octanol–water partition coefficient (Wildman–Crippen LogP) is 7.15. The number of benzene rings is 3. The Morgan fingerprint density at radius 3 is 2.06 bits per heavy atom. The van der Waals surface area contributed by atoms with Crippen LogP contribution in [0.15, 0.2) is 84.8 Å². The quantitative estimate of drug-likeness (QED) is 0.391. The van der Waals surface area contributed by atoms with Crippen LogP contribution in [0.25, 0.3) is 11.5 Å². The molecule has 0 radical (unpaired) electrons. The van der Waals surface area contributed by atoms with Gasteiger partial charge in [0, 0.05) is 17.7 Å². The minimum atomic E-state index is -0.332. The van der Waals surface area contributed by atoms with Crippen molar-refractivity contribution in [2.75, 3.05) is 6.54 Å². The van der Waals surface area contributed by atoms with Gasteiger partial charge in [0.2, 0.25) is 0 Å². The van der Waals surface area contributed by atoms with Crippen LogP contribution < -0.4 is 0 Å². The number of aryl methyl sites for hydroxylation is 1. The van der Waals surface area contributed by atoms with Crippen molar-refractivity contribution < 1.29 is 17.9 Å². The Balaban J connectivity index is 1.71. The van der Waals surface area contributed by atoms with Gasteiger partial charge in [0.1, 0.15) is 17.5 Å². The third kappa shape index (κ3) is 4.72. The smallest absolute Gasteiger partial charge is 0.196 e. The van der Waals surface area contributed by atoms with Crippen LogP contribution in [0.5, 0.6) is 0 Å². The molecule has 4 rings (SSSR count). The number of hydrogen-bond acceptors (Lipinski definition) is 2. The Morgan fingerprint density at radius 1 is 0.812 bits per heavy atom. The molecule has 0 atom stereocenters. The van der Waals surface area contributed by atoms with E-state index in [0.717, 1.165) is 23.2 Å². The first kappa shape index (κ1) is 21.8. The number of allylic oxidation sites excluding steroid dienone is 1. The second-order valence-electron chi connectivity index (χ2n) is 7.59. The molecule has 0 saturated heterocycles. The first-order valence-corrected chi connectivity index (χ1v) is 10.7. The highest BCUT2D eigenvalue weighted by molar-refractivity contribution is 5.89. The minimum absolute atomic E-state index is 0.212. The predicted molar refractivity (Wildman–Crippen MR) is 121 cm³/mol. The van der Waals surface area contributed by atoms with Gasteiger partial charge in [-0.1, -0.05) is 25.1 Å². The molecular formula is C27H24F3NO. The normalized spacial score (nSPS) is 14.9. The van der Waals surface area contributed by atoms with E-state index in [9.17, 15) is 13.2 Å². The zero-order valence-corrected chi connectivity index (χ0v) is 17.8. The van der Waals surface area contributed by atoms with Gasteiger partial charge in [-0.2, -0.15) is 0 Å². The standard InChI is InChI=1S/C27H24F3NO/c1-2-6-25-31(18-5-8-19-7-3-4-9-24(19)30)26(20-10-14-22(28)15-11-20)27(32-25)21-12-16-23(29)17-13-21/h3-4,6-7,9-17H,2,5,8,18H2,1H3/b25-6+. The molecule has 164 valence electrons. The lowest BCUT2D eigenvalue weighted by Crippen LogP contribution is -2.20. The maximum Gasteiger partial charge on any atom is 0.196 e. The Hall–Kier alpha value is -3.47. The van der Waals surface area contributed by atoms with Crippen LogP contribution >= 0.6 is 0 Å². The van der Waals surface area contributed by atoms with Crippen LogP contribution in [-0.2, 0) is 11.2 Å². The summed E-state index contributed by atoms with van der Waals surface area (Å²) in [5, 5.41) is 0.